The predicted octanol–water partition coefficient (Wildman–Crippen LogP) is 2.14. The van der Waals surface area contributed by atoms with Gasteiger partial charge in [0.05, 0.1) is 13.2 Å². The Morgan fingerprint density at radius 3 is 2.93 bits per heavy atom. The van der Waals surface area contributed by atoms with Crippen LogP contribution in [0, 0.1) is 0 Å². The standard InChI is InChI=1S/C19H28N4O3.HI/c1-3-17(24)23-9-8-15(13-23)22-19(20-2)21-12-14-6-4-7-16-18(14)26-11-5-10-25-16;/h4,6-7,15H,3,5,8-13H2,1-2H3,(H2,20,21,22);1H. The molecule has 1 amide bonds. The Bertz CT molecular complexity index is 668. The molecule has 3 rings (SSSR count). The number of aliphatic imine (C=N–C) groups is 1. The molecule has 2 aliphatic rings. The van der Waals surface area contributed by atoms with Crippen LogP contribution >= 0.6 is 24.0 Å². The molecule has 1 aromatic rings. The highest BCUT2D eigenvalue weighted by atomic mass is 127. The molecule has 0 radical (unpaired) electrons. The zero-order chi connectivity index (χ0) is 18.4. The predicted molar refractivity (Wildman–Crippen MR) is 116 cm³/mol. The van der Waals surface area contributed by atoms with Crippen molar-refractivity contribution in [3.05, 3.63) is 23.8 Å². The maximum atomic E-state index is 11.8. The van der Waals surface area contributed by atoms with Crippen LogP contribution in [0.4, 0.5) is 0 Å². The maximum absolute atomic E-state index is 11.8. The summed E-state index contributed by atoms with van der Waals surface area (Å²) >= 11 is 0. The van der Waals surface area contributed by atoms with Crippen molar-refractivity contribution < 1.29 is 14.3 Å². The SMILES string of the molecule is CCC(=O)N1CCC(NC(=NC)NCc2cccc3c2OCCCO3)C1.I. The molecule has 0 aromatic heterocycles. The molecule has 150 valence electrons. The van der Waals surface area contributed by atoms with Gasteiger partial charge in [-0.2, -0.15) is 0 Å². The first kappa shape index (κ1) is 21.6. The van der Waals surface area contributed by atoms with Crippen molar-refractivity contribution in [1.82, 2.24) is 15.5 Å². The Labute approximate surface area is 177 Å². The third-order valence-electron chi connectivity index (χ3n) is 4.71. The van der Waals surface area contributed by atoms with E-state index in [4.69, 9.17) is 9.47 Å². The average molecular weight is 488 g/mol. The molecule has 8 heteroatoms. The van der Waals surface area contributed by atoms with Gasteiger partial charge in [0.25, 0.3) is 0 Å². The van der Waals surface area contributed by atoms with Crippen LogP contribution in [0.25, 0.3) is 0 Å². The van der Waals surface area contributed by atoms with Crippen molar-refractivity contribution in [2.45, 2.75) is 38.8 Å². The molecule has 2 aliphatic heterocycles. The molecule has 0 bridgehead atoms. The van der Waals surface area contributed by atoms with E-state index in [0.29, 0.717) is 26.2 Å². The lowest BCUT2D eigenvalue weighted by Gasteiger charge is -2.19. The second-order valence-electron chi connectivity index (χ2n) is 6.54. The van der Waals surface area contributed by atoms with E-state index in [9.17, 15) is 4.79 Å². The Kier molecular flexibility index (Phi) is 8.46. The second-order valence-corrected chi connectivity index (χ2v) is 6.54. The van der Waals surface area contributed by atoms with Crippen molar-refractivity contribution in [2.75, 3.05) is 33.4 Å². The maximum Gasteiger partial charge on any atom is 0.222 e. The highest BCUT2D eigenvalue weighted by Gasteiger charge is 2.25. The van der Waals surface area contributed by atoms with Gasteiger partial charge in [-0.3, -0.25) is 9.79 Å². The summed E-state index contributed by atoms with van der Waals surface area (Å²) in [7, 11) is 1.75. The highest BCUT2D eigenvalue weighted by Crippen LogP contribution is 2.33. The van der Waals surface area contributed by atoms with Gasteiger partial charge in [-0.05, 0) is 12.5 Å². The molecular formula is C19H29IN4O3. The van der Waals surface area contributed by atoms with Gasteiger partial charge in [0.15, 0.2) is 17.5 Å². The molecule has 1 atom stereocenters. The summed E-state index contributed by atoms with van der Waals surface area (Å²) in [4.78, 5) is 18.0. The zero-order valence-corrected chi connectivity index (χ0v) is 18.3. The zero-order valence-electron chi connectivity index (χ0n) is 16.0. The van der Waals surface area contributed by atoms with Crippen LogP contribution in [-0.2, 0) is 11.3 Å². The van der Waals surface area contributed by atoms with Gasteiger partial charge in [0.2, 0.25) is 5.91 Å². The fraction of sp³-hybridized carbons (Fsp3) is 0.579. The summed E-state index contributed by atoms with van der Waals surface area (Å²) in [6.07, 6.45) is 2.38. The van der Waals surface area contributed by atoms with E-state index in [2.05, 4.69) is 15.6 Å². The number of rotatable bonds is 4. The van der Waals surface area contributed by atoms with Gasteiger partial charge in [-0.25, -0.2) is 0 Å². The van der Waals surface area contributed by atoms with E-state index < -0.39 is 0 Å². The van der Waals surface area contributed by atoms with Gasteiger partial charge in [-0.1, -0.05) is 19.1 Å². The van der Waals surface area contributed by atoms with Crippen molar-refractivity contribution >= 4 is 35.8 Å². The Morgan fingerprint density at radius 2 is 2.15 bits per heavy atom. The number of halogens is 1. The minimum atomic E-state index is 0. The number of guanidine groups is 1. The van der Waals surface area contributed by atoms with E-state index in [-0.39, 0.29) is 35.9 Å². The van der Waals surface area contributed by atoms with Crippen molar-refractivity contribution in [1.29, 1.82) is 0 Å². The lowest BCUT2D eigenvalue weighted by molar-refractivity contribution is -0.129. The minimum absolute atomic E-state index is 0. The molecule has 0 aliphatic carbocycles. The Hall–Kier alpha value is -1.71. The summed E-state index contributed by atoms with van der Waals surface area (Å²) in [5.74, 6) is 2.55. The number of para-hydroxylation sites is 1. The summed E-state index contributed by atoms with van der Waals surface area (Å²) in [6.45, 7) is 5.38. The molecule has 27 heavy (non-hydrogen) atoms. The number of fused-ring (bicyclic) bond motifs is 1. The lowest BCUT2D eigenvalue weighted by Crippen LogP contribution is -2.44. The number of amides is 1. The molecule has 1 fully saturated rings. The molecular weight excluding hydrogens is 459 g/mol. The first-order valence-electron chi connectivity index (χ1n) is 9.33. The van der Waals surface area contributed by atoms with Crippen molar-refractivity contribution in [2.24, 2.45) is 4.99 Å². The number of hydrogen-bond acceptors (Lipinski definition) is 4. The van der Waals surface area contributed by atoms with Gasteiger partial charge >= 0.3 is 0 Å². The first-order valence-corrected chi connectivity index (χ1v) is 9.33. The van der Waals surface area contributed by atoms with Gasteiger partial charge in [0.1, 0.15) is 0 Å². The molecule has 1 unspecified atom stereocenters. The third-order valence-corrected chi connectivity index (χ3v) is 4.71. The summed E-state index contributed by atoms with van der Waals surface area (Å²) in [5.41, 5.74) is 1.04. The van der Waals surface area contributed by atoms with Gasteiger partial charge in [0, 0.05) is 51.1 Å². The average Bonchev–Trinajstić information content (AvgIpc) is 3.00. The summed E-state index contributed by atoms with van der Waals surface area (Å²) < 4.78 is 11.6. The number of carbonyl (C=O) groups is 1. The van der Waals surface area contributed by atoms with Crippen molar-refractivity contribution in [3.8, 4) is 11.5 Å². The Morgan fingerprint density at radius 1 is 1.33 bits per heavy atom. The third kappa shape index (κ3) is 5.63. The molecule has 0 spiro atoms. The van der Waals surface area contributed by atoms with Crippen LogP contribution in [0.2, 0.25) is 0 Å². The van der Waals surface area contributed by atoms with E-state index in [0.717, 1.165) is 49.0 Å². The van der Waals surface area contributed by atoms with E-state index in [1.54, 1.807) is 7.05 Å². The number of ether oxygens (including phenoxy) is 2. The summed E-state index contributed by atoms with van der Waals surface area (Å²) in [5, 5.41) is 6.75. The molecule has 1 aromatic carbocycles. The molecule has 2 N–H and O–H groups in total. The molecule has 2 heterocycles. The normalized spacial score (nSPS) is 19.1. The first-order chi connectivity index (χ1) is 12.7. The highest BCUT2D eigenvalue weighted by molar-refractivity contribution is 14.0. The molecule has 7 nitrogen and oxygen atoms in total. The van der Waals surface area contributed by atoms with Crippen LogP contribution < -0.4 is 20.1 Å². The number of hydrogen-bond donors (Lipinski definition) is 2. The number of nitrogens with one attached hydrogen (secondary N) is 2. The minimum Gasteiger partial charge on any atom is -0.490 e. The number of benzene rings is 1. The van der Waals surface area contributed by atoms with Crippen LogP contribution in [0.5, 0.6) is 11.5 Å². The Balaban J connectivity index is 0.00000261. The largest absolute Gasteiger partial charge is 0.490 e. The smallest absolute Gasteiger partial charge is 0.222 e. The number of likely N-dealkylation sites (tertiary alicyclic amines) is 1. The number of nitrogens with zero attached hydrogens (tertiary/aromatic N) is 2. The lowest BCUT2D eigenvalue weighted by atomic mass is 10.2. The monoisotopic (exact) mass is 488 g/mol. The fourth-order valence-electron chi connectivity index (χ4n) is 3.29. The van der Waals surface area contributed by atoms with Crippen LogP contribution in [-0.4, -0.2) is 56.2 Å². The summed E-state index contributed by atoms with van der Waals surface area (Å²) in [6, 6.07) is 6.18. The van der Waals surface area contributed by atoms with Crippen LogP contribution in [0.1, 0.15) is 31.7 Å². The van der Waals surface area contributed by atoms with Crippen molar-refractivity contribution in [3.63, 3.8) is 0 Å². The number of carbonyl (C=O) groups excluding carboxylic acids is 1. The van der Waals surface area contributed by atoms with E-state index in [1.807, 2.05) is 30.0 Å². The van der Waals surface area contributed by atoms with Crippen LogP contribution in [0.3, 0.4) is 0 Å². The second kappa shape index (κ2) is 10.6. The fourth-order valence-corrected chi connectivity index (χ4v) is 3.29. The van der Waals surface area contributed by atoms with Crippen LogP contribution in [0.15, 0.2) is 23.2 Å². The van der Waals surface area contributed by atoms with E-state index >= 15 is 0 Å². The quantitative estimate of drug-likeness (QED) is 0.386. The van der Waals surface area contributed by atoms with Gasteiger partial charge in [-0.15, -0.1) is 24.0 Å². The molecule has 0 saturated carbocycles. The topological polar surface area (TPSA) is 75.2 Å². The van der Waals surface area contributed by atoms with E-state index in [1.165, 1.54) is 0 Å². The molecule has 1 saturated heterocycles. The van der Waals surface area contributed by atoms with Gasteiger partial charge < -0.3 is 25.0 Å².